The van der Waals surface area contributed by atoms with Crippen molar-refractivity contribution in [3.63, 3.8) is 0 Å². The van der Waals surface area contributed by atoms with Crippen molar-refractivity contribution >= 4 is 21.4 Å². The van der Waals surface area contributed by atoms with E-state index in [9.17, 15) is 14.6 Å². The van der Waals surface area contributed by atoms with Crippen molar-refractivity contribution in [2.45, 2.75) is 51.4 Å². The first-order valence-corrected chi connectivity index (χ1v) is 10.6. The molecule has 0 amide bonds. The third kappa shape index (κ3) is 4.78. The van der Waals surface area contributed by atoms with Gasteiger partial charge in [0, 0.05) is 28.8 Å². The predicted molar refractivity (Wildman–Crippen MR) is 112 cm³/mol. The van der Waals surface area contributed by atoms with Crippen LogP contribution < -0.4 is 0 Å². The van der Waals surface area contributed by atoms with Gasteiger partial charge in [0.15, 0.2) is 0 Å². The molecule has 3 unspecified atom stereocenters. The van der Waals surface area contributed by atoms with Crippen LogP contribution in [0.4, 0.5) is 4.39 Å². The fourth-order valence-corrected chi connectivity index (χ4v) is 4.65. The van der Waals surface area contributed by atoms with Gasteiger partial charge in [-0.1, -0.05) is 38.1 Å². The van der Waals surface area contributed by atoms with Crippen LogP contribution in [0.5, 0.6) is 0 Å². The lowest BCUT2D eigenvalue weighted by molar-refractivity contribution is -0.113. The van der Waals surface area contributed by atoms with E-state index in [1.165, 1.54) is 16.2 Å². The number of ether oxygens (including phenoxy) is 1. The maximum absolute atomic E-state index is 14.4. The zero-order valence-electron chi connectivity index (χ0n) is 16.3. The summed E-state index contributed by atoms with van der Waals surface area (Å²) in [6, 6.07) is 15.3. The van der Waals surface area contributed by atoms with Gasteiger partial charge in [0.2, 0.25) is 0 Å². The molecule has 1 aliphatic heterocycles. The van der Waals surface area contributed by atoms with Gasteiger partial charge in [-0.2, -0.15) is 0 Å². The molecule has 0 saturated carbocycles. The molecule has 5 heteroatoms. The molecule has 0 aliphatic carbocycles. The van der Waals surface area contributed by atoms with Crippen molar-refractivity contribution in [3.8, 4) is 0 Å². The first-order valence-electron chi connectivity index (χ1n) is 9.82. The molecule has 1 saturated heterocycles. The van der Waals surface area contributed by atoms with Gasteiger partial charge in [-0.25, -0.2) is 4.39 Å². The third-order valence-corrected chi connectivity index (χ3v) is 5.98. The van der Waals surface area contributed by atoms with Crippen molar-refractivity contribution in [3.05, 3.63) is 70.4 Å². The Labute approximate surface area is 169 Å². The fourth-order valence-electron chi connectivity index (χ4n) is 3.56. The van der Waals surface area contributed by atoms with Crippen LogP contribution in [0.15, 0.2) is 48.5 Å². The third-order valence-electron chi connectivity index (χ3n) is 4.86. The lowest BCUT2D eigenvalue weighted by Gasteiger charge is -2.32. The molecule has 2 heterocycles. The molecule has 3 nitrogen and oxygen atoms in total. The maximum Gasteiger partial charge on any atom is 0.126 e. The highest BCUT2D eigenvalue weighted by molar-refractivity contribution is 7.19. The van der Waals surface area contributed by atoms with Gasteiger partial charge in [-0.15, -0.1) is 11.3 Å². The minimum Gasteiger partial charge on any atom is -0.394 e. The van der Waals surface area contributed by atoms with E-state index in [0.29, 0.717) is 24.8 Å². The molecular weight excluding hydrogens is 375 g/mol. The minimum atomic E-state index is -0.512. The number of hydrogen-bond acceptors (Lipinski definition) is 4. The summed E-state index contributed by atoms with van der Waals surface area (Å²) in [5.74, 6) is -0.235. The van der Waals surface area contributed by atoms with Crippen LogP contribution in [0.2, 0.25) is 0 Å². The average Bonchev–Trinajstić information content (AvgIpc) is 3.13. The van der Waals surface area contributed by atoms with Gasteiger partial charge < -0.3 is 14.9 Å². The quantitative estimate of drug-likeness (QED) is 0.628. The van der Waals surface area contributed by atoms with Crippen LogP contribution in [0.25, 0.3) is 10.1 Å². The highest BCUT2D eigenvalue weighted by atomic mass is 32.1. The number of fused-ring (bicyclic) bond motifs is 1. The van der Waals surface area contributed by atoms with Gasteiger partial charge in [-0.3, -0.25) is 0 Å². The smallest absolute Gasteiger partial charge is 0.126 e. The summed E-state index contributed by atoms with van der Waals surface area (Å²) >= 11 is 1.68. The molecular formula is C23H27FO3S. The molecule has 150 valence electrons. The van der Waals surface area contributed by atoms with Crippen molar-refractivity contribution in [2.24, 2.45) is 0 Å². The first kappa shape index (κ1) is 20.9. The Balaban J connectivity index is 0.00000109. The van der Waals surface area contributed by atoms with Crippen LogP contribution in [0.3, 0.4) is 0 Å². The Morgan fingerprint density at radius 1 is 1.11 bits per heavy atom. The Kier molecular flexibility index (Phi) is 7.18. The highest BCUT2D eigenvalue weighted by Crippen LogP contribution is 2.33. The van der Waals surface area contributed by atoms with Crippen LogP contribution in [0.1, 0.15) is 48.8 Å². The van der Waals surface area contributed by atoms with Crippen LogP contribution in [0, 0.1) is 5.82 Å². The SMILES string of the molecule is CC.OCC1CC(O)CC(c2ccc(F)c(Cc3cc4ccccc4s3)c2)O1. The summed E-state index contributed by atoms with van der Waals surface area (Å²) in [7, 11) is 0. The van der Waals surface area contributed by atoms with E-state index in [4.69, 9.17) is 4.74 Å². The lowest BCUT2D eigenvalue weighted by Crippen LogP contribution is -2.33. The van der Waals surface area contributed by atoms with E-state index < -0.39 is 6.10 Å². The largest absolute Gasteiger partial charge is 0.394 e. The molecule has 3 atom stereocenters. The van der Waals surface area contributed by atoms with Gasteiger partial charge in [0.25, 0.3) is 0 Å². The molecule has 0 spiro atoms. The van der Waals surface area contributed by atoms with Crippen molar-refractivity contribution < 1.29 is 19.3 Å². The topological polar surface area (TPSA) is 49.7 Å². The molecule has 1 fully saturated rings. The summed E-state index contributed by atoms with van der Waals surface area (Å²) in [5.41, 5.74) is 1.47. The van der Waals surface area contributed by atoms with Crippen LogP contribution >= 0.6 is 11.3 Å². The van der Waals surface area contributed by atoms with Crippen molar-refractivity contribution in [2.75, 3.05) is 6.61 Å². The maximum atomic E-state index is 14.4. The molecule has 2 aromatic carbocycles. The molecule has 4 rings (SSSR count). The summed E-state index contributed by atoms with van der Waals surface area (Å²) in [6.07, 6.45) is 0.213. The summed E-state index contributed by atoms with van der Waals surface area (Å²) in [6.45, 7) is 3.88. The molecule has 28 heavy (non-hydrogen) atoms. The minimum absolute atomic E-state index is 0.122. The van der Waals surface area contributed by atoms with E-state index in [2.05, 4.69) is 18.2 Å². The number of hydrogen-bond donors (Lipinski definition) is 2. The lowest BCUT2D eigenvalue weighted by atomic mass is 9.94. The van der Waals surface area contributed by atoms with Crippen molar-refractivity contribution in [1.29, 1.82) is 0 Å². The molecule has 3 aromatic rings. The standard InChI is InChI=1S/C21H21FO3S.C2H6/c22-19-6-5-13(20-11-16(24)10-17(12-23)25-20)7-15(19)9-18-8-14-3-1-2-4-21(14)26-18;1-2/h1-8,16-17,20,23-24H,9-12H2;1-2H3. The van der Waals surface area contributed by atoms with E-state index in [1.54, 1.807) is 17.4 Å². The number of thiophene rings is 1. The van der Waals surface area contributed by atoms with Gasteiger partial charge in [0.1, 0.15) is 5.82 Å². The fraction of sp³-hybridized carbons (Fsp3) is 0.391. The second-order valence-corrected chi connectivity index (χ2v) is 8.00. The predicted octanol–water partition coefficient (Wildman–Crippen LogP) is 5.23. The van der Waals surface area contributed by atoms with Gasteiger partial charge in [-0.05, 0) is 40.8 Å². The highest BCUT2D eigenvalue weighted by Gasteiger charge is 2.29. The summed E-state index contributed by atoms with van der Waals surface area (Å²) in [5, 5.41) is 20.5. The Bertz CT molecular complexity index is 875. The molecule has 0 bridgehead atoms. The number of rotatable bonds is 4. The van der Waals surface area contributed by atoms with Crippen molar-refractivity contribution in [1.82, 2.24) is 0 Å². The second kappa shape index (κ2) is 9.61. The summed E-state index contributed by atoms with van der Waals surface area (Å²) < 4.78 is 21.4. The number of aliphatic hydroxyl groups is 2. The van der Waals surface area contributed by atoms with Crippen LogP contribution in [-0.2, 0) is 11.2 Å². The normalized spacial score (nSPS) is 22.0. The van der Waals surface area contributed by atoms with E-state index in [-0.39, 0.29) is 24.6 Å². The van der Waals surface area contributed by atoms with Gasteiger partial charge in [0.05, 0.1) is 24.9 Å². The van der Waals surface area contributed by atoms with Gasteiger partial charge >= 0.3 is 0 Å². The zero-order chi connectivity index (χ0) is 20.1. The Morgan fingerprint density at radius 2 is 1.89 bits per heavy atom. The molecule has 1 aromatic heterocycles. The summed E-state index contributed by atoms with van der Waals surface area (Å²) in [4.78, 5) is 1.11. The van der Waals surface area contributed by atoms with E-state index in [0.717, 1.165) is 10.4 Å². The second-order valence-electron chi connectivity index (χ2n) is 6.83. The molecule has 2 N–H and O–H groups in total. The van der Waals surface area contributed by atoms with E-state index >= 15 is 0 Å². The van der Waals surface area contributed by atoms with E-state index in [1.807, 2.05) is 32.0 Å². The Hall–Kier alpha value is -1.79. The van der Waals surface area contributed by atoms with Crippen LogP contribution in [-0.4, -0.2) is 29.0 Å². The molecule has 1 aliphatic rings. The Morgan fingerprint density at radius 3 is 2.64 bits per heavy atom. The average molecular weight is 403 g/mol. The number of aliphatic hydroxyl groups excluding tert-OH is 2. The molecule has 0 radical (unpaired) electrons. The monoisotopic (exact) mass is 402 g/mol. The first-order chi connectivity index (χ1) is 13.6. The number of benzene rings is 2. The zero-order valence-corrected chi connectivity index (χ0v) is 17.1. The number of halogens is 1.